The predicted molar refractivity (Wildman–Crippen MR) is 178 cm³/mol. The van der Waals surface area contributed by atoms with Crippen LogP contribution in [0.3, 0.4) is 0 Å². The highest BCUT2D eigenvalue weighted by molar-refractivity contribution is 7.92. The van der Waals surface area contributed by atoms with E-state index in [1.807, 2.05) is 51.1 Å². The van der Waals surface area contributed by atoms with Crippen molar-refractivity contribution in [1.29, 1.82) is 0 Å². The molecule has 0 unspecified atom stereocenters. The van der Waals surface area contributed by atoms with Gasteiger partial charge in [-0.3, -0.25) is 13.9 Å². The van der Waals surface area contributed by atoms with Crippen LogP contribution in [0.15, 0.2) is 72.8 Å². The quantitative estimate of drug-likeness (QED) is 0.193. The fourth-order valence-corrected chi connectivity index (χ4v) is 6.19. The Bertz CT molecular complexity index is 1460. The number of sulfonamides is 1. The molecule has 1 atom stereocenters. The van der Waals surface area contributed by atoms with Gasteiger partial charge in [-0.2, -0.15) is 0 Å². The predicted octanol–water partition coefficient (Wildman–Crippen LogP) is 6.35. The van der Waals surface area contributed by atoms with Crippen LogP contribution >= 0.6 is 23.2 Å². The van der Waals surface area contributed by atoms with Crippen LogP contribution in [0.5, 0.6) is 5.75 Å². The average Bonchev–Trinajstić information content (AvgIpc) is 2.97. The number of carbonyl (C=O) groups excluding carboxylic acids is 2. The van der Waals surface area contributed by atoms with Crippen molar-refractivity contribution in [2.75, 3.05) is 30.3 Å². The van der Waals surface area contributed by atoms with Crippen LogP contribution < -0.4 is 14.4 Å². The van der Waals surface area contributed by atoms with Crippen LogP contribution in [-0.2, 0) is 32.6 Å². The molecule has 3 aromatic carbocycles. The first-order chi connectivity index (χ1) is 20.9. The lowest BCUT2D eigenvalue weighted by molar-refractivity contribution is -0.141. The second-order valence-corrected chi connectivity index (χ2v) is 13.7. The molecule has 0 saturated carbocycles. The summed E-state index contributed by atoms with van der Waals surface area (Å²) in [5.74, 6) is 0.241. The topological polar surface area (TPSA) is 96.0 Å². The molecule has 0 aliphatic carbocycles. The molecule has 0 radical (unpaired) electrons. The molecule has 1 N–H and O–H groups in total. The molecule has 0 spiro atoms. The summed E-state index contributed by atoms with van der Waals surface area (Å²) < 4.78 is 32.2. The van der Waals surface area contributed by atoms with Gasteiger partial charge in [-0.1, -0.05) is 73.4 Å². The molecule has 44 heavy (non-hydrogen) atoms. The molecule has 0 bridgehead atoms. The molecule has 0 aliphatic rings. The Morgan fingerprint density at radius 1 is 0.932 bits per heavy atom. The number of nitrogens with zero attached hydrogens (tertiary/aromatic N) is 2. The van der Waals surface area contributed by atoms with E-state index in [9.17, 15) is 18.0 Å². The average molecular weight is 663 g/mol. The highest BCUT2D eigenvalue weighted by atomic mass is 35.5. The highest BCUT2D eigenvalue weighted by Crippen LogP contribution is 2.28. The van der Waals surface area contributed by atoms with Gasteiger partial charge in [-0.25, -0.2) is 8.42 Å². The Kier molecular flexibility index (Phi) is 13.4. The maximum Gasteiger partial charge on any atom is 0.243 e. The Morgan fingerprint density at radius 3 is 2.14 bits per heavy atom. The fraction of sp³-hybridized carbons (Fsp3) is 0.394. The van der Waals surface area contributed by atoms with Gasteiger partial charge < -0.3 is 15.0 Å². The zero-order valence-corrected chi connectivity index (χ0v) is 28.0. The highest BCUT2D eigenvalue weighted by Gasteiger charge is 2.31. The Balaban J connectivity index is 1.90. The number of nitrogens with one attached hydrogen (secondary N) is 1. The smallest absolute Gasteiger partial charge is 0.243 e. The van der Waals surface area contributed by atoms with Crippen LogP contribution in [0, 0.1) is 5.92 Å². The third kappa shape index (κ3) is 10.4. The molecule has 0 saturated heterocycles. The van der Waals surface area contributed by atoms with Crippen LogP contribution in [0.4, 0.5) is 5.69 Å². The van der Waals surface area contributed by atoms with Crippen molar-refractivity contribution in [1.82, 2.24) is 10.2 Å². The molecular formula is C33H41Cl2N3O5S. The van der Waals surface area contributed by atoms with Gasteiger partial charge in [0.1, 0.15) is 11.8 Å². The second-order valence-electron chi connectivity index (χ2n) is 10.9. The zero-order chi connectivity index (χ0) is 32.3. The number of carbonyl (C=O) groups is 2. The molecule has 2 amide bonds. The minimum absolute atomic E-state index is 0.00608. The van der Waals surface area contributed by atoms with Crippen LogP contribution in [-0.4, -0.2) is 57.1 Å². The maximum absolute atomic E-state index is 14.0. The minimum Gasteiger partial charge on any atom is -0.494 e. The SMILES string of the molecule is CCOc1ccc(N(CCCC(=O)N(Cc2c(Cl)cccc2Cl)[C@H](Cc2ccccc2)C(=O)NCC(C)C)S(C)(=O)=O)cc1. The number of ether oxygens (including phenoxy) is 1. The fourth-order valence-electron chi connectivity index (χ4n) is 4.71. The summed E-state index contributed by atoms with van der Waals surface area (Å²) in [6.45, 7) is 6.89. The summed E-state index contributed by atoms with van der Waals surface area (Å²) >= 11 is 13.0. The van der Waals surface area contributed by atoms with Crippen molar-refractivity contribution in [3.63, 3.8) is 0 Å². The molecule has 3 aromatic rings. The standard InChI is InChI=1S/C33H41Cl2N3O5S/c1-5-43-27-18-16-26(17-19-27)38(44(4,41)42)20-10-15-32(39)37(23-28-29(34)13-9-14-30(28)35)31(33(40)36-22-24(2)3)21-25-11-7-6-8-12-25/h6-9,11-14,16-19,24,31H,5,10,15,20-23H2,1-4H3,(H,36,40)/t31-/m1/s1. The van der Waals surface area contributed by atoms with Gasteiger partial charge in [0, 0.05) is 48.1 Å². The van der Waals surface area contributed by atoms with E-state index in [1.54, 1.807) is 42.5 Å². The van der Waals surface area contributed by atoms with Gasteiger partial charge in [0.15, 0.2) is 0 Å². The van der Waals surface area contributed by atoms with E-state index >= 15 is 0 Å². The van der Waals surface area contributed by atoms with E-state index in [2.05, 4.69) is 5.32 Å². The first-order valence-electron chi connectivity index (χ1n) is 14.6. The first-order valence-corrected chi connectivity index (χ1v) is 17.3. The third-order valence-electron chi connectivity index (χ3n) is 6.93. The molecule has 238 valence electrons. The molecular weight excluding hydrogens is 621 g/mol. The van der Waals surface area contributed by atoms with Crippen molar-refractivity contribution >= 4 is 50.7 Å². The number of anilines is 1. The van der Waals surface area contributed by atoms with Crippen LogP contribution in [0.2, 0.25) is 10.0 Å². The van der Waals surface area contributed by atoms with E-state index < -0.39 is 16.1 Å². The van der Waals surface area contributed by atoms with Crippen molar-refractivity contribution in [2.24, 2.45) is 5.92 Å². The van der Waals surface area contributed by atoms with E-state index in [4.69, 9.17) is 27.9 Å². The summed E-state index contributed by atoms with van der Waals surface area (Å²) in [6, 6.07) is 20.5. The molecule has 11 heteroatoms. The van der Waals surface area contributed by atoms with Crippen molar-refractivity contribution < 1.29 is 22.7 Å². The number of rotatable bonds is 16. The minimum atomic E-state index is -3.64. The van der Waals surface area contributed by atoms with Gasteiger partial charge in [0.05, 0.1) is 18.6 Å². The largest absolute Gasteiger partial charge is 0.494 e. The van der Waals surface area contributed by atoms with E-state index in [0.717, 1.165) is 11.8 Å². The summed E-state index contributed by atoms with van der Waals surface area (Å²) in [7, 11) is -3.64. The molecule has 0 heterocycles. The number of amides is 2. The Labute approximate surface area is 271 Å². The molecule has 0 fully saturated rings. The number of benzene rings is 3. The summed E-state index contributed by atoms with van der Waals surface area (Å²) in [5, 5.41) is 3.75. The monoisotopic (exact) mass is 661 g/mol. The van der Waals surface area contributed by atoms with Crippen LogP contribution in [0.1, 0.15) is 44.7 Å². The third-order valence-corrected chi connectivity index (χ3v) is 8.84. The lowest BCUT2D eigenvalue weighted by atomic mass is 10.0. The van der Waals surface area contributed by atoms with Gasteiger partial charge in [-0.05, 0) is 61.2 Å². The van der Waals surface area contributed by atoms with Gasteiger partial charge in [0.2, 0.25) is 21.8 Å². The van der Waals surface area contributed by atoms with E-state index in [-0.39, 0.29) is 50.1 Å². The lowest BCUT2D eigenvalue weighted by Crippen LogP contribution is -2.51. The molecule has 0 aromatic heterocycles. The van der Waals surface area contributed by atoms with Crippen molar-refractivity contribution in [2.45, 2.75) is 52.6 Å². The Hall–Kier alpha value is -3.27. The molecule has 8 nitrogen and oxygen atoms in total. The molecule has 0 aliphatic heterocycles. The number of hydrogen-bond acceptors (Lipinski definition) is 5. The van der Waals surface area contributed by atoms with Gasteiger partial charge in [0.25, 0.3) is 0 Å². The number of hydrogen-bond donors (Lipinski definition) is 1. The van der Waals surface area contributed by atoms with E-state index in [1.165, 1.54) is 9.21 Å². The lowest BCUT2D eigenvalue weighted by Gasteiger charge is -2.32. The summed E-state index contributed by atoms with van der Waals surface area (Å²) in [5.41, 5.74) is 1.89. The van der Waals surface area contributed by atoms with E-state index in [0.29, 0.717) is 40.2 Å². The van der Waals surface area contributed by atoms with Crippen molar-refractivity contribution in [3.8, 4) is 5.75 Å². The van der Waals surface area contributed by atoms with Crippen LogP contribution in [0.25, 0.3) is 0 Å². The van der Waals surface area contributed by atoms with Gasteiger partial charge >= 0.3 is 0 Å². The van der Waals surface area contributed by atoms with Gasteiger partial charge in [-0.15, -0.1) is 0 Å². The molecule has 3 rings (SSSR count). The normalized spacial score (nSPS) is 12.1. The number of halogens is 2. The zero-order valence-electron chi connectivity index (χ0n) is 25.6. The summed E-state index contributed by atoms with van der Waals surface area (Å²) in [6.07, 6.45) is 1.62. The summed E-state index contributed by atoms with van der Waals surface area (Å²) in [4.78, 5) is 29.2. The first kappa shape index (κ1) is 35.2. The van der Waals surface area contributed by atoms with Crippen molar-refractivity contribution in [3.05, 3.63) is 94.0 Å². The maximum atomic E-state index is 14.0. The second kappa shape index (κ2) is 16.7. The Morgan fingerprint density at radius 2 is 1.57 bits per heavy atom.